The largest absolute Gasteiger partial charge is 0.497 e. The number of methoxy groups -OCH3 is 2. The lowest BCUT2D eigenvalue weighted by atomic mass is 10.1. The van der Waals surface area contributed by atoms with E-state index in [2.05, 4.69) is 10.1 Å². The van der Waals surface area contributed by atoms with Crippen molar-refractivity contribution >= 4 is 38.6 Å². The van der Waals surface area contributed by atoms with Gasteiger partial charge in [-0.1, -0.05) is 11.3 Å². The number of esters is 1. The summed E-state index contributed by atoms with van der Waals surface area (Å²) < 4.78 is 12.7. The molecule has 2 aromatic carbocycles. The van der Waals surface area contributed by atoms with E-state index in [1.807, 2.05) is 30.5 Å². The Morgan fingerprint density at radius 1 is 1.10 bits per heavy atom. The van der Waals surface area contributed by atoms with Gasteiger partial charge in [0.15, 0.2) is 5.13 Å². The van der Waals surface area contributed by atoms with Crippen molar-refractivity contribution in [1.29, 1.82) is 0 Å². The number of amides is 1. The zero-order valence-electron chi connectivity index (χ0n) is 17.0. The zero-order chi connectivity index (χ0) is 21.8. The van der Waals surface area contributed by atoms with E-state index >= 15 is 0 Å². The Hall–Kier alpha value is -3.72. The fourth-order valence-electron chi connectivity index (χ4n) is 3.08. The van der Waals surface area contributed by atoms with Gasteiger partial charge in [-0.3, -0.25) is 14.4 Å². The average Bonchev–Trinajstić information content (AvgIpc) is 3.48. The molecule has 0 atom stereocenters. The quantitative estimate of drug-likeness (QED) is 0.411. The van der Waals surface area contributed by atoms with E-state index in [0.717, 1.165) is 16.0 Å². The Kier molecular flexibility index (Phi) is 5.94. The molecule has 2 heterocycles. The van der Waals surface area contributed by atoms with Crippen LogP contribution in [0.3, 0.4) is 0 Å². The number of carbonyl (C=O) groups excluding carboxylic acids is 2. The van der Waals surface area contributed by atoms with Gasteiger partial charge < -0.3 is 9.47 Å². The highest BCUT2D eigenvalue weighted by molar-refractivity contribution is 7.22. The molecule has 4 rings (SSSR count). The number of benzene rings is 2. The van der Waals surface area contributed by atoms with Gasteiger partial charge in [-0.05, 0) is 48.5 Å². The molecule has 0 aliphatic carbocycles. The number of nitrogens with zero attached hydrogens (tertiary/aromatic N) is 4. The summed E-state index contributed by atoms with van der Waals surface area (Å²) in [5, 5.41) is 4.79. The molecule has 9 heteroatoms. The van der Waals surface area contributed by atoms with E-state index in [9.17, 15) is 9.59 Å². The van der Waals surface area contributed by atoms with Crippen molar-refractivity contribution in [2.24, 2.45) is 0 Å². The highest BCUT2D eigenvalue weighted by Crippen LogP contribution is 2.32. The first kappa shape index (κ1) is 20.5. The second kappa shape index (κ2) is 8.97. The van der Waals surface area contributed by atoms with Gasteiger partial charge >= 0.3 is 5.97 Å². The fourth-order valence-corrected chi connectivity index (χ4v) is 4.10. The first-order valence-corrected chi connectivity index (χ1v) is 10.3. The molecule has 1 amide bonds. The second-order valence-electron chi connectivity index (χ2n) is 6.62. The Morgan fingerprint density at radius 3 is 2.55 bits per heavy atom. The van der Waals surface area contributed by atoms with Crippen LogP contribution in [-0.2, 0) is 11.3 Å². The van der Waals surface area contributed by atoms with Gasteiger partial charge in [0.1, 0.15) is 5.75 Å². The molecule has 8 nitrogen and oxygen atoms in total. The molecule has 0 unspecified atom stereocenters. The minimum Gasteiger partial charge on any atom is -0.497 e. The lowest BCUT2D eigenvalue weighted by Gasteiger charge is -2.20. The molecular formula is C22H20N4O4S. The number of ether oxygens (including phenoxy) is 2. The summed E-state index contributed by atoms with van der Waals surface area (Å²) in [5.41, 5.74) is 1.62. The molecular weight excluding hydrogens is 416 g/mol. The molecule has 0 bridgehead atoms. The lowest BCUT2D eigenvalue weighted by Crippen LogP contribution is -2.34. The summed E-state index contributed by atoms with van der Waals surface area (Å²) in [5.74, 6) is 0.0692. The minimum atomic E-state index is -0.449. The molecule has 0 fully saturated rings. The predicted octanol–water partition coefficient (Wildman–Crippen LogP) is 3.64. The number of aromatic nitrogens is 3. The molecule has 0 N–H and O–H groups in total. The van der Waals surface area contributed by atoms with E-state index in [-0.39, 0.29) is 5.91 Å². The third kappa shape index (κ3) is 4.41. The van der Waals surface area contributed by atoms with Gasteiger partial charge in [0.25, 0.3) is 5.91 Å². The summed E-state index contributed by atoms with van der Waals surface area (Å²) >= 11 is 1.42. The number of thiazole rings is 1. The predicted molar refractivity (Wildman–Crippen MR) is 118 cm³/mol. The number of fused-ring (bicyclic) bond motifs is 1. The van der Waals surface area contributed by atoms with Crippen LogP contribution in [0.25, 0.3) is 10.2 Å². The first-order chi connectivity index (χ1) is 15.1. The molecule has 0 saturated carbocycles. The normalized spacial score (nSPS) is 10.8. The van der Waals surface area contributed by atoms with E-state index in [1.165, 1.54) is 18.4 Å². The van der Waals surface area contributed by atoms with E-state index in [4.69, 9.17) is 9.47 Å². The van der Waals surface area contributed by atoms with Crippen LogP contribution in [0, 0.1) is 0 Å². The molecule has 0 spiro atoms. The second-order valence-corrected chi connectivity index (χ2v) is 7.63. The lowest BCUT2D eigenvalue weighted by molar-refractivity contribution is 0.0600. The molecule has 0 saturated heterocycles. The summed E-state index contributed by atoms with van der Waals surface area (Å²) in [4.78, 5) is 31.4. The Balaban J connectivity index is 1.66. The molecule has 0 radical (unpaired) electrons. The van der Waals surface area contributed by atoms with Gasteiger partial charge in [-0.25, -0.2) is 9.78 Å². The minimum absolute atomic E-state index is 0.213. The first-order valence-electron chi connectivity index (χ1n) is 9.51. The molecule has 4 aromatic rings. The van der Waals surface area contributed by atoms with Gasteiger partial charge in [0.05, 0.1) is 36.5 Å². The van der Waals surface area contributed by atoms with E-state index < -0.39 is 5.97 Å². The molecule has 158 valence electrons. The van der Waals surface area contributed by atoms with E-state index in [0.29, 0.717) is 29.3 Å². The monoisotopic (exact) mass is 436 g/mol. The zero-order valence-corrected chi connectivity index (χ0v) is 17.8. The number of hydrogen-bond acceptors (Lipinski definition) is 7. The van der Waals surface area contributed by atoms with Gasteiger partial charge in [-0.2, -0.15) is 5.10 Å². The highest BCUT2D eigenvalue weighted by atomic mass is 32.1. The standard InChI is InChI=1S/C22H20N4O4S/c1-29-17-8-9-18-19(14-17)31-22(24-18)26(13-12-25-11-3-10-23-25)20(27)15-4-6-16(7-5-15)21(28)30-2/h3-11,14H,12-13H2,1-2H3. The number of rotatable bonds is 7. The van der Waals surface area contributed by atoms with Crippen LogP contribution >= 0.6 is 11.3 Å². The topological polar surface area (TPSA) is 86.6 Å². The smallest absolute Gasteiger partial charge is 0.337 e. The third-order valence-electron chi connectivity index (χ3n) is 4.73. The molecule has 0 aliphatic heterocycles. The molecule has 0 aliphatic rings. The molecule has 31 heavy (non-hydrogen) atoms. The van der Waals surface area contributed by atoms with Gasteiger partial charge in [-0.15, -0.1) is 0 Å². The van der Waals surface area contributed by atoms with Crippen molar-refractivity contribution in [3.05, 3.63) is 72.1 Å². The Bertz CT molecular complexity index is 1200. The van der Waals surface area contributed by atoms with Crippen molar-refractivity contribution in [3.8, 4) is 5.75 Å². The van der Waals surface area contributed by atoms with Crippen LogP contribution in [0.2, 0.25) is 0 Å². The maximum absolute atomic E-state index is 13.4. The van der Waals surface area contributed by atoms with Crippen molar-refractivity contribution in [1.82, 2.24) is 14.8 Å². The summed E-state index contributed by atoms with van der Waals surface area (Å²) in [6.07, 6.45) is 3.54. The Labute approximate surface area is 182 Å². The highest BCUT2D eigenvalue weighted by Gasteiger charge is 2.22. The number of anilines is 1. The fraction of sp³-hybridized carbons (Fsp3) is 0.182. The van der Waals surface area contributed by atoms with Crippen LogP contribution in [-0.4, -0.2) is 47.4 Å². The average molecular weight is 436 g/mol. The van der Waals surface area contributed by atoms with Crippen LogP contribution in [0.5, 0.6) is 5.75 Å². The summed E-state index contributed by atoms with van der Waals surface area (Å²) in [6.45, 7) is 0.897. The SMILES string of the molecule is COC(=O)c1ccc(C(=O)N(CCn2cccn2)c2nc3ccc(OC)cc3s2)cc1. The molecule has 2 aromatic heterocycles. The van der Waals surface area contributed by atoms with Crippen LogP contribution < -0.4 is 9.64 Å². The third-order valence-corrected chi connectivity index (χ3v) is 5.77. The maximum atomic E-state index is 13.4. The maximum Gasteiger partial charge on any atom is 0.337 e. The van der Waals surface area contributed by atoms with Crippen LogP contribution in [0.1, 0.15) is 20.7 Å². The van der Waals surface area contributed by atoms with Crippen molar-refractivity contribution < 1.29 is 19.1 Å². The number of hydrogen-bond donors (Lipinski definition) is 0. The Morgan fingerprint density at radius 2 is 1.87 bits per heavy atom. The van der Waals surface area contributed by atoms with E-state index in [1.54, 1.807) is 47.2 Å². The number of carbonyl (C=O) groups is 2. The van der Waals surface area contributed by atoms with Gasteiger partial charge in [0.2, 0.25) is 0 Å². The van der Waals surface area contributed by atoms with Crippen molar-refractivity contribution in [3.63, 3.8) is 0 Å². The van der Waals surface area contributed by atoms with Crippen LogP contribution in [0.15, 0.2) is 60.9 Å². The van der Waals surface area contributed by atoms with Crippen LogP contribution in [0.4, 0.5) is 5.13 Å². The van der Waals surface area contributed by atoms with Gasteiger partial charge in [0, 0.05) is 24.5 Å². The van der Waals surface area contributed by atoms with Crippen molar-refractivity contribution in [2.45, 2.75) is 6.54 Å². The summed E-state index contributed by atoms with van der Waals surface area (Å²) in [6, 6.07) is 13.8. The summed E-state index contributed by atoms with van der Waals surface area (Å²) in [7, 11) is 2.93. The van der Waals surface area contributed by atoms with Crippen molar-refractivity contribution in [2.75, 3.05) is 25.7 Å².